The smallest absolute Gasteiger partial charge is 0.336 e. The lowest BCUT2D eigenvalue weighted by Crippen LogP contribution is -2.09. The molecule has 0 spiro atoms. The second-order valence-corrected chi connectivity index (χ2v) is 3.07. The van der Waals surface area contributed by atoms with Gasteiger partial charge in [-0.25, -0.2) is 4.79 Å². The molecule has 5 nitrogen and oxygen atoms in total. The molecule has 0 bridgehead atoms. The summed E-state index contributed by atoms with van der Waals surface area (Å²) in [7, 11) is -3.75. The fourth-order valence-corrected chi connectivity index (χ4v) is 0.659. The number of carbonyl (C=O) groups is 1. The van der Waals surface area contributed by atoms with Crippen LogP contribution in [0.4, 0.5) is 0 Å². The van der Waals surface area contributed by atoms with Crippen LogP contribution in [0.5, 0.6) is 0 Å². The molecule has 0 rings (SSSR count). The Bertz CT molecular complexity index is 259. The summed E-state index contributed by atoms with van der Waals surface area (Å²) in [4.78, 5) is 10.2. The summed E-state index contributed by atoms with van der Waals surface area (Å²) in [5.74, 6) is -1.05. The highest BCUT2D eigenvalue weighted by atomic mass is 32.2. The second kappa shape index (κ2) is 3.17. The maximum Gasteiger partial charge on any atom is 0.336 e. The number of hydrogen-bond donors (Lipinski definition) is 0. The van der Waals surface area contributed by atoms with Crippen LogP contribution in [-0.2, 0) is 19.1 Å². The minimum atomic E-state index is -3.75. The Morgan fingerprint density at radius 3 is 2.50 bits per heavy atom. The van der Waals surface area contributed by atoms with Crippen LogP contribution in [0, 0.1) is 11.3 Å². The highest BCUT2D eigenvalue weighted by Crippen LogP contribution is 1.90. The molecule has 0 N–H and O–H groups in total. The van der Waals surface area contributed by atoms with Crippen molar-refractivity contribution < 1.29 is 17.4 Å². The molecule has 0 aromatic heterocycles. The SMILES string of the molecule is CS(=O)(=O)OC(=O)CC#N. The lowest BCUT2D eigenvalue weighted by molar-refractivity contribution is -0.132. The molecule has 56 valence electrons. The zero-order chi connectivity index (χ0) is 8.20. The first-order valence-corrected chi connectivity index (χ1v) is 4.06. The number of carbonyl (C=O) groups excluding carboxylic acids is 1. The van der Waals surface area contributed by atoms with Gasteiger partial charge in [-0.2, -0.15) is 13.7 Å². The van der Waals surface area contributed by atoms with Gasteiger partial charge in [0.05, 0.1) is 12.3 Å². The van der Waals surface area contributed by atoms with Gasteiger partial charge in [-0.15, -0.1) is 0 Å². The van der Waals surface area contributed by atoms with E-state index < -0.39 is 22.5 Å². The largest absolute Gasteiger partial charge is 0.345 e. The predicted octanol–water partition coefficient (Wildman–Crippen LogP) is -0.597. The number of hydrogen-bond acceptors (Lipinski definition) is 5. The van der Waals surface area contributed by atoms with Gasteiger partial charge in [0.1, 0.15) is 6.42 Å². The van der Waals surface area contributed by atoms with Crippen molar-refractivity contribution in [3.8, 4) is 6.07 Å². The highest BCUT2D eigenvalue weighted by molar-refractivity contribution is 7.86. The summed E-state index contributed by atoms with van der Waals surface area (Å²) < 4.78 is 24.1. The summed E-state index contributed by atoms with van der Waals surface area (Å²) >= 11 is 0. The maximum atomic E-state index is 10.2. The molecule has 6 heteroatoms. The van der Waals surface area contributed by atoms with Gasteiger partial charge in [0.25, 0.3) is 0 Å². The molecule has 0 amide bonds. The van der Waals surface area contributed by atoms with Gasteiger partial charge in [-0.05, 0) is 0 Å². The summed E-state index contributed by atoms with van der Waals surface area (Å²) in [6.45, 7) is 0. The topological polar surface area (TPSA) is 84.2 Å². The molecule has 0 saturated carbocycles. The molecule has 0 aliphatic rings. The van der Waals surface area contributed by atoms with E-state index in [4.69, 9.17) is 5.26 Å². The summed E-state index contributed by atoms with van der Waals surface area (Å²) in [6, 6.07) is 1.45. The minimum Gasteiger partial charge on any atom is -0.345 e. The van der Waals surface area contributed by atoms with Crippen molar-refractivity contribution in [3.05, 3.63) is 0 Å². The normalized spacial score (nSPS) is 10.0. The standard InChI is InChI=1S/C4H5NO4S/c1-10(7,8)9-4(6)2-3-5/h2H2,1H3. The quantitative estimate of drug-likeness (QED) is 0.507. The van der Waals surface area contributed by atoms with Gasteiger partial charge in [-0.3, -0.25) is 0 Å². The molecule has 0 radical (unpaired) electrons. The van der Waals surface area contributed by atoms with Gasteiger partial charge in [0.2, 0.25) is 0 Å². The van der Waals surface area contributed by atoms with E-state index in [9.17, 15) is 13.2 Å². The van der Waals surface area contributed by atoms with E-state index in [2.05, 4.69) is 4.18 Å². The number of nitrogens with zero attached hydrogens (tertiary/aromatic N) is 1. The molecule has 0 aromatic carbocycles. The van der Waals surface area contributed by atoms with E-state index in [1.54, 1.807) is 0 Å². The zero-order valence-corrected chi connectivity index (χ0v) is 6.01. The Balaban J connectivity index is 3.97. The molecule has 0 atom stereocenters. The Hall–Kier alpha value is -1.09. The minimum absolute atomic E-state index is 0.549. The molecule has 0 aromatic rings. The Kier molecular flexibility index (Phi) is 2.83. The molecule has 0 saturated heterocycles. The van der Waals surface area contributed by atoms with Gasteiger partial charge < -0.3 is 4.18 Å². The molecule has 0 unspecified atom stereocenters. The van der Waals surface area contributed by atoms with E-state index in [1.165, 1.54) is 6.07 Å². The van der Waals surface area contributed by atoms with E-state index in [-0.39, 0.29) is 0 Å². The lowest BCUT2D eigenvalue weighted by Gasteiger charge is -1.94. The van der Waals surface area contributed by atoms with Crippen LogP contribution < -0.4 is 0 Å². The number of nitriles is 1. The molecule has 0 aliphatic carbocycles. The van der Waals surface area contributed by atoms with Crippen LogP contribution in [0.3, 0.4) is 0 Å². The molecule has 0 aliphatic heterocycles. The monoisotopic (exact) mass is 163 g/mol. The van der Waals surface area contributed by atoms with Crippen molar-refractivity contribution in [3.63, 3.8) is 0 Å². The van der Waals surface area contributed by atoms with Gasteiger partial charge in [0.15, 0.2) is 0 Å². The van der Waals surface area contributed by atoms with Crippen molar-refractivity contribution >= 4 is 16.1 Å². The highest BCUT2D eigenvalue weighted by Gasteiger charge is 2.08. The molecule has 10 heavy (non-hydrogen) atoms. The van der Waals surface area contributed by atoms with E-state index >= 15 is 0 Å². The van der Waals surface area contributed by atoms with Crippen LogP contribution in [-0.4, -0.2) is 20.6 Å². The molecule has 0 fully saturated rings. The van der Waals surface area contributed by atoms with Crippen molar-refractivity contribution in [2.24, 2.45) is 0 Å². The van der Waals surface area contributed by atoms with Crippen molar-refractivity contribution in [1.82, 2.24) is 0 Å². The average Bonchev–Trinajstić information content (AvgIpc) is 1.59. The first-order chi connectivity index (χ1) is 4.45. The van der Waals surface area contributed by atoms with Crippen LogP contribution in [0.15, 0.2) is 0 Å². The molecular formula is C4H5NO4S. The summed E-state index contributed by atoms with van der Waals surface area (Å²) in [6.07, 6.45) is 0.190. The predicted molar refractivity (Wildman–Crippen MR) is 31.2 cm³/mol. The third kappa shape index (κ3) is 5.05. The molecule has 0 heterocycles. The van der Waals surface area contributed by atoms with Gasteiger partial charge >= 0.3 is 16.1 Å². The first kappa shape index (κ1) is 8.91. The zero-order valence-electron chi connectivity index (χ0n) is 5.20. The fraction of sp³-hybridized carbons (Fsp3) is 0.500. The van der Waals surface area contributed by atoms with E-state index in [0.717, 1.165) is 6.26 Å². The van der Waals surface area contributed by atoms with Crippen LogP contribution in [0.1, 0.15) is 6.42 Å². The summed E-state index contributed by atoms with van der Waals surface area (Å²) in [5, 5.41) is 7.89. The van der Waals surface area contributed by atoms with Gasteiger partial charge in [-0.1, -0.05) is 0 Å². The number of rotatable bonds is 2. The second-order valence-electron chi connectivity index (χ2n) is 1.49. The van der Waals surface area contributed by atoms with Crippen LogP contribution in [0.25, 0.3) is 0 Å². The lowest BCUT2D eigenvalue weighted by atomic mass is 10.5. The van der Waals surface area contributed by atoms with Crippen molar-refractivity contribution in [2.75, 3.05) is 6.26 Å². The average molecular weight is 163 g/mol. The third-order valence-corrected chi connectivity index (χ3v) is 0.956. The van der Waals surface area contributed by atoms with Crippen molar-refractivity contribution in [2.45, 2.75) is 6.42 Å². The Morgan fingerprint density at radius 2 is 2.20 bits per heavy atom. The summed E-state index contributed by atoms with van der Waals surface area (Å²) in [5.41, 5.74) is 0. The van der Waals surface area contributed by atoms with Gasteiger partial charge in [0, 0.05) is 0 Å². The first-order valence-electron chi connectivity index (χ1n) is 2.25. The van der Waals surface area contributed by atoms with Crippen molar-refractivity contribution in [1.29, 1.82) is 5.26 Å². The van der Waals surface area contributed by atoms with Crippen LogP contribution in [0.2, 0.25) is 0 Å². The third-order valence-electron chi connectivity index (χ3n) is 0.468. The Labute approximate surface area is 58.3 Å². The Morgan fingerprint density at radius 1 is 1.70 bits per heavy atom. The van der Waals surface area contributed by atoms with E-state index in [0.29, 0.717) is 0 Å². The van der Waals surface area contributed by atoms with E-state index in [1.807, 2.05) is 0 Å². The van der Waals surface area contributed by atoms with Crippen LogP contribution >= 0.6 is 0 Å². The maximum absolute atomic E-state index is 10.2. The fourth-order valence-electron chi connectivity index (χ4n) is 0.263. The molecular weight excluding hydrogens is 158 g/mol.